The van der Waals surface area contributed by atoms with E-state index in [-0.39, 0.29) is 43.0 Å². The molecule has 0 unspecified atom stereocenters. The first-order valence-corrected chi connectivity index (χ1v) is 15.1. The molecule has 0 aromatic heterocycles. The summed E-state index contributed by atoms with van der Waals surface area (Å²) in [6, 6.07) is 17.0. The number of hydrogen-bond donors (Lipinski definition) is 3. The number of carbonyl (C=O) groups is 4. The molecular formula is C34H49N3O5. The van der Waals surface area contributed by atoms with Gasteiger partial charge in [-0.1, -0.05) is 88.4 Å². The van der Waals surface area contributed by atoms with Gasteiger partial charge in [-0.25, -0.2) is 0 Å². The fourth-order valence-electron chi connectivity index (χ4n) is 4.79. The van der Waals surface area contributed by atoms with Gasteiger partial charge in [-0.15, -0.1) is 0 Å². The summed E-state index contributed by atoms with van der Waals surface area (Å²) < 4.78 is 5.06. The van der Waals surface area contributed by atoms with Crippen LogP contribution in [0.1, 0.15) is 70.9 Å². The molecule has 0 aliphatic carbocycles. The third kappa shape index (κ3) is 13.4. The minimum atomic E-state index is -0.922. The predicted octanol–water partition coefficient (Wildman–Crippen LogP) is 4.40. The van der Waals surface area contributed by atoms with Gasteiger partial charge in [0.1, 0.15) is 12.1 Å². The molecule has 42 heavy (non-hydrogen) atoms. The van der Waals surface area contributed by atoms with Crippen LogP contribution in [0.5, 0.6) is 0 Å². The maximum Gasteiger partial charge on any atom is 0.243 e. The molecule has 2 aromatic rings. The van der Waals surface area contributed by atoms with E-state index in [2.05, 4.69) is 16.0 Å². The van der Waals surface area contributed by atoms with Gasteiger partial charge in [0.15, 0.2) is 5.78 Å². The van der Waals surface area contributed by atoms with Crippen molar-refractivity contribution in [3.8, 4) is 0 Å². The molecule has 2 aromatic carbocycles. The molecule has 3 atom stereocenters. The Morgan fingerprint density at radius 2 is 1.19 bits per heavy atom. The monoisotopic (exact) mass is 579 g/mol. The number of aryl methyl sites for hydroxylation is 1. The van der Waals surface area contributed by atoms with Crippen LogP contribution in [-0.4, -0.2) is 55.3 Å². The second-order valence-electron chi connectivity index (χ2n) is 11.7. The highest BCUT2D eigenvalue weighted by Crippen LogP contribution is 2.12. The fraction of sp³-hybridized carbons (Fsp3) is 0.529. The van der Waals surface area contributed by atoms with Crippen LogP contribution in [0.2, 0.25) is 0 Å². The second kappa shape index (κ2) is 18.8. The number of amides is 3. The lowest BCUT2D eigenvalue weighted by Gasteiger charge is -2.26. The average Bonchev–Trinajstić information content (AvgIpc) is 2.95. The highest BCUT2D eigenvalue weighted by Gasteiger charge is 2.30. The zero-order valence-electron chi connectivity index (χ0n) is 25.9. The molecule has 3 amide bonds. The number of hydrogen-bond acceptors (Lipinski definition) is 5. The number of ketones is 1. The van der Waals surface area contributed by atoms with Crippen LogP contribution in [0.4, 0.5) is 0 Å². The van der Waals surface area contributed by atoms with E-state index in [1.807, 2.05) is 88.4 Å². The molecule has 8 heteroatoms. The maximum atomic E-state index is 13.6. The smallest absolute Gasteiger partial charge is 0.243 e. The summed E-state index contributed by atoms with van der Waals surface area (Å²) in [4.78, 5) is 52.9. The molecule has 0 aliphatic heterocycles. The molecule has 0 radical (unpaired) electrons. The van der Waals surface area contributed by atoms with Crippen molar-refractivity contribution in [2.24, 2.45) is 11.8 Å². The highest BCUT2D eigenvalue weighted by molar-refractivity contribution is 5.94. The number of rotatable bonds is 19. The number of nitrogens with one attached hydrogen (secondary N) is 3. The van der Waals surface area contributed by atoms with Gasteiger partial charge in [0.05, 0.1) is 12.6 Å². The molecule has 0 fully saturated rings. The highest BCUT2D eigenvalue weighted by atomic mass is 16.5. The van der Waals surface area contributed by atoms with Crippen LogP contribution in [0.3, 0.4) is 0 Å². The maximum absolute atomic E-state index is 13.6. The summed E-state index contributed by atoms with van der Waals surface area (Å²) >= 11 is 0. The normalized spacial score (nSPS) is 13.3. The van der Waals surface area contributed by atoms with Crippen LogP contribution >= 0.6 is 0 Å². The molecule has 0 spiro atoms. The topological polar surface area (TPSA) is 114 Å². The van der Waals surface area contributed by atoms with Gasteiger partial charge in [-0.2, -0.15) is 0 Å². The van der Waals surface area contributed by atoms with E-state index in [4.69, 9.17) is 4.74 Å². The number of ether oxygens (including phenoxy) is 1. The molecule has 2 rings (SSSR count). The number of benzene rings is 2. The van der Waals surface area contributed by atoms with Crippen LogP contribution < -0.4 is 16.0 Å². The van der Waals surface area contributed by atoms with Crippen molar-refractivity contribution >= 4 is 23.5 Å². The lowest BCUT2D eigenvalue weighted by atomic mass is 9.97. The third-order valence-electron chi connectivity index (χ3n) is 6.95. The summed E-state index contributed by atoms with van der Waals surface area (Å²) in [6.45, 7) is 8.22. The fourth-order valence-corrected chi connectivity index (χ4v) is 4.79. The first-order valence-electron chi connectivity index (χ1n) is 15.1. The standard InChI is InChI=1S/C34H49N3O5/c1-24(2)21-28(31(38)19-20-42-5)36-34(41)30(23-27-15-10-7-11-16-27)37-33(40)29(22-25(3)4)35-32(39)18-12-17-26-13-8-6-9-14-26/h6-11,13-16,24-25,28-30H,12,17-23H2,1-5H3,(H,35,39)(H,36,41)(H,37,40)/t28-,29-,30-/m0/s1. The summed E-state index contributed by atoms with van der Waals surface area (Å²) in [5.41, 5.74) is 2.03. The Bertz CT molecular complexity index is 1100. The zero-order valence-corrected chi connectivity index (χ0v) is 25.9. The molecule has 0 saturated heterocycles. The van der Waals surface area contributed by atoms with Crippen molar-refractivity contribution in [2.45, 2.75) is 90.8 Å². The second-order valence-corrected chi connectivity index (χ2v) is 11.7. The Labute approximate surface area is 251 Å². The van der Waals surface area contributed by atoms with Gasteiger partial charge in [0, 0.05) is 26.4 Å². The van der Waals surface area contributed by atoms with Gasteiger partial charge < -0.3 is 20.7 Å². The molecule has 0 heterocycles. The Morgan fingerprint density at radius 1 is 0.667 bits per heavy atom. The van der Waals surface area contributed by atoms with Crippen molar-refractivity contribution in [1.82, 2.24) is 16.0 Å². The van der Waals surface area contributed by atoms with E-state index in [1.54, 1.807) is 0 Å². The van der Waals surface area contributed by atoms with Crippen LogP contribution in [-0.2, 0) is 36.8 Å². The third-order valence-corrected chi connectivity index (χ3v) is 6.95. The summed E-state index contributed by atoms with van der Waals surface area (Å²) in [7, 11) is 1.53. The minimum Gasteiger partial charge on any atom is -0.384 e. The zero-order chi connectivity index (χ0) is 30.9. The largest absolute Gasteiger partial charge is 0.384 e. The molecular weight excluding hydrogens is 530 g/mol. The van der Waals surface area contributed by atoms with Gasteiger partial charge in [0.2, 0.25) is 17.7 Å². The van der Waals surface area contributed by atoms with E-state index in [9.17, 15) is 19.2 Å². The SMILES string of the molecule is COCCC(=O)[C@H](CC(C)C)NC(=O)[C@H](Cc1ccccc1)NC(=O)[C@H](CC(C)C)NC(=O)CCCc1ccccc1. The van der Waals surface area contributed by atoms with Gasteiger partial charge >= 0.3 is 0 Å². The number of carbonyl (C=O) groups excluding carboxylic acids is 4. The van der Waals surface area contributed by atoms with Crippen LogP contribution in [0.15, 0.2) is 60.7 Å². The van der Waals surface area contributed by atoms with Crippen molar-refractivity contribution in [1.29, 1.82) is 0 Å². The van der Waals surface area contributed by atoms with Crippen LogP contribution in [0, 0.1) is 11.8 Å². The summed E-state index contributed by atoms with van der Waals surface area (Å²) in [5, 5.41) is 8.70. The van der Waals surface area contributed by atoms with Gasteiger partial charge in [-0.05, 0) is 48.6 Å². The number of methoxy groups -OCH3 is 1. The van der Waals surface area contributed by atoms with Crippen molar-refractivity contribution < 1.29 is 23.9 Å². The molecule has 0 aliphatic rings. The summed E-state index contributed by atoms with van der Waals surface area (Å²) in [5.74, 6) is -0.832. The first-order chi connectivity index (χ1) is 20.1. The molecule has 230 valence electrons. The Balaban J connectivity index is 2.15. The Hall–Kier alpha value is -3.52. The van der Waals surface area contributed by atoms with E-state index < -0.39 is 29.9 Å². The minimum absolute atomic E-state index is 0.107. The molecule has 0 bridgehead atoms. The van der Waals surface area contributed by atoms with E-state index in [0.717, 1.165) is 17.5 Å². The molecule has 3 N–H and O–H groups in total. The predicted molar refractivity (Wildman–Crippen MR) is 166 cm³/mol. The lowest BCUT2D eigenvalue weighted by Crippen LogP contribution is -2.56. The Morgan fingerprint density at radius 3 is 1.76 bits per heavy atom. The first kappa shape index (κ1) is 34.7. The van der Waals surface area contributed by atoms with Crippen molar-refractivity contribution in [3.63, 3.8) is 0 Å². The quantitative estimate of drug-likeness (QED) is 0.228. The van der Waals surface area contributed by atoms with E-state index >= 15 is 0 Å². The van der Waals surface area contributed by atoms with Gasteiger partial charge in [0.25, 0.3) is 0 Å². The number of Topliss-reactive ketones (excluding diaryl/α,β-unsaturated/α-hetero) is 1. The van der Waals surface area contributed by atoms with E-state index in [0.29, 0.717) is 25.7 Å². The summed E-state index contributed by atoms with van der Waals surface area (Å²) in [6.07, 6.45) is 3.09. The average molecular weight is 580 g/mol. The molecule has 8 nitrogen and oxygen atoms in total. The lowest BCUT2D eigenvalue weighted by molar-refractivity contribution is -0.134. The molecule has 0 saturated carbocycles. The van der Waals surface area contributed by atoms with E-state index in [1.165, 1.54) is 7.11 Å². The van der Waals surface area contributed by atoms with Crippen molar-refractivity contribution in [2.75, 3.05) is 13.7 Å². The van der Waals surface area contributed by atoms with Crippen LogP contribution in [0.25, 0.3) is 0 Å². The Kier molecular flexibility index (Phi) is 15.5. The van der Waals surface area contributed by atoms with Gasteiger partial charge in [-0.3, -0.25) is 19.2 Å². The van der Waals surface area contributed by atoms with Crippen molar-refractivity contribution in [3.05, 3.63) is 71.8 Å².